The molecule has 1 aliphatic heterocycles. The number of aromatic nitrogens is 1. The number of nitrogens with one attached hydrogen (secondary N) is 1. The fraction of sp³-hybridized carbons (Fsp3) is 0.182. The topological polar surface area (TPSA) is 94.6 Å². The van der Waals surface area contributed by atoms with Gasteiger partial charge in [0.1, 0.15) is 29.2 Å². The van der Waals surface area contributed by atoms with Crippen molar-refractivity contribution < 1.29 is 22.7 Å². The summed E-state index contributed by atoms with van der Waals surface area (Å²) in [6, 6.07) is 14.8. The first kappa shape index (κ1) is 19.9. The Balaban J connectivity index is 1.64. The van der Waals surface area contributed by atoms with Gasteiger partial charge in [0.25, 0.3) is 5.91 Å². The van der Waals surface area contributed by atoms with Crippen LogP contribution in [0.25, 0.3) is 0 Å². The number of ether oxygens (including phenoxy) is 2. The molecule has 0 fully saturated rings. The average molecular weight is 424 g/mol. The van der Waals surface area contributed by atoms with Crippen LogP contribution in [0.1, 0.15) is 22.8 Å². The molecule has 4 rings (SSSR count). The normalized spacial score (nSPS) is 15.2. The van der Waals surface area contributed by atoms with Crippen molar-refractivity contribution in [2.75, 3.05) is 11.6 Å². The van der Waals surface area contributed by atoms with E-state index in [4.69, 9.17) is 9.47 Å². The molecule has 154 valence electrons. The second-order valence-electron chi connectivity index (χ2n) is 7.09. The fourth-order valence-corrected chi connectivity index (χ4v) is 3.88. The molecule has 1 aliphatic rings. The smallest absolute Gasteiger partial charge is 0.257 e. The van der Waals surface area contributed by atoms with Crippen molar-refractivity contribution >= 4 is 21.6 Å². The molecule has 8 heteroatoms. The molecule has 0 saturated heterocycles. The molecular weight excluding hydrogens is 404 g/mol. The monoisotopic (exact) mass is 424 g/mol. The maximum absolute atomic E-state index is 12.9. The molecule has 1 unspecified atom stereocenters. The highest BCUT2D eigenvalue weighted by molar-refractivity contribution is 7.90. The molecule has 0 saturated carbocycles. The average Bonchev–Trinajstić information content (AvgIpc) is 3.08. The summed E-state index contributed by atoms with van der Waals surface area (Å²) in [5, 5.41) is 2.79. The summed E-state index contributed by atoms with van der Waals surface area (Å²) in [5.74, 6) is 1.61. The number of carbonyl (C=O) groups excluding carboxylic acids is 1. The Morgan fingerprint density at radius 1 is 1.13 bits per heavy atom. The highest BCUT2D eigenvalue weighted by Gasteiger charge is 2.27. The molecular formula is C22H20N2O5S. The van der Waals surface area contributed by atoms with E-state index in [0.717, 1.165) is 11.8 Å². The predicted molar refractivity (Wildman–Crippen MR) is 112 cm³/mol. The van der Waals surface area contributed by atoms with Crippen LogP contribution in [0.4, 0.5) is 5.82 Å². The van der Waals surface area contributed by atoms with Gasteiger partial charge in [0.2, 0.25) is 0 Å². The first-order valence-electron chi connectivity index (χ1n) is 9.33. The number of anilines is 1. The fourth-order valence-electron chi connectivity index (χ4n) is 3.25. The van der Waals surface area contributed by atoms with Gasteiger partial charge in [-0.15, -0.1) is 0 Å². The van der Waals surface area contributed by atoms with Crippen molar-refractivity contribution in [3.63, 3.8) is 0 Å². The summed E-state index contributed by atoms with van der Waals surface area (Å²) in [7, 11) is -3.29. The Morgan fingerprint density at radius 3 is 2.57 bits per heavy atom. The number of hydrogen-bond acceptors (Lipinski definition) is 6. The second kappa shape index (κ2) is 7.79. The molecule has 7 nitrogen and oxygen atoms in total. The molecule has 0 aliphatic carbocycles. The van der Waals surface area contributed by atoms with Gasteiger partial charge in [-0.3, -0.25) is 4.79 Å². The summed E-state index contributed by atoms with van der Waals surface area (Å²) in [6.07, 6.45) is 3.31. The highest BCUT2D eigenvalue weighted by atomic mass is 32.2. The number of sulfone groups is 1. The third kappa shape index (κ3) is 4.28. The van der Waals surface area contributed by atoms with E-state index in [0.29, 0.717) is 35.1 Å². The Hall–Kier alpha value is -3.39. The molecule has 1 amide bonds. The first-order chi connectivity index (χ1) is 14.3. The summed E-state index contributed by atoms with van der Waals surface area (Å²) in [4.78, 5) is 17.2. The Labute approximate surface area is 174 Å². The molecule has 1 atom stereocenters. The number of pyridine rings is 1. The first-order valence-corrected chi connectivity index (χ1v) is 11.2. The second-order valence-corrected chi connectivity index (χ2v) is 9.11. The van der Waals surface area contributed by atoms with Crippen LogP contribution in [0.5, 0.6) is 17.2 Å². The van der Waals surface area contributed by atoms with Gasteiger partial charge in [0.15, 0.2) is 9.84 Å². The molecule has 1 N–H and O–H groups in total. The van der Waals surface area contributed by atoms with E-state index in [1.165, 1.54) is 12.1 Å². The van der Waals surface area contributed by atoms with E-state index < -0.39 is 9.84 Å². The number of carbonyl (C=O) groups is 1. The van der Waals surface area contributed by atoms with E-state index in [1.807, 2.05) is 6.92 Å². The Kier molecular flexibility index (Phi) is 5.17. The van der Waals surface area contributed by atoms with Crippen LogP contribution in [0, 0.1) is 0 Å². The van der Waals surface area contributed by atoms with E-state index in [2.05, 4.69) is 10.3 Å². The lowest BCUT2D eigenvalue weighted by Gasteiger charge is -2.12. The standard InChI is InChI=1S/C22H20N2O5S/c1-14-11-18-19(22(25)24-21-5-3-4-10-23-21)12-16(13-20(18)28-14)29-15-6-8-17(9-7-15)30(2,26)27/h3-10,12-14H,11H2,1-2H3,(H,23,24,25). The molecule has 2 aromatic carbocycles. The number of hydrogen-bond donors (Lipinski definition) is 1. The van der Waals surface area contributed by atoms with Crippen LogP contribution in [-0.2, 0) is 16.3 Å². The van der Waals surface area contributed by atoms with Crippen molar-refractivity contribution in [3.05, 3.63) is 71.9 Å². The van der Waals surface area contributed by atoms with Crippen molar-refractivity contribution in [2.45, 2.75) is 24.3 Å². The summed E-state index contributed by atoms with van der Waals surface area (Å²) >= 11 is 0. The highest BCUT2D eigenvalue weighted by Crippen LogP contribution is 2.37. The van der Waals surface area contributed by atoms with Gasteiger partial charge in [0.05, 0.1) is 10.5 Å². The molecule has 1 aromatic heterocycles. The molecule has 3 aromatic rings. The van der Waals surface area contributed by atoms with Gasteiger partial charge in [-0.25, -0.2) is 13.4 Å². The van der Waals surface area contributed by atoms with E-state index in [9.17, 15) is 13.2 Å². The molecule has 0 radical (unpaired) electrons. The number of fused-ring (bicyclic) bond motifs is 1. The minimum atomic E-state index is -3.29. The molecule has 2 heterocycles. The van der Waals surface area contributed by atoms with E-state index >= 15 is 0 Å². The zero-order valence-electron chi connectivity index (χ0n) is 16.5. The van der Waals surface area contributed by atoms with Crippen LogP contribution in [0.2, 0.25) is 0 Å². The summed E-state index contributed by atoms with van der Waals surface area (Å²) < 4.78 is 35.0. The zero-order chi connectivity index (χ0) is 21.3. The van der Waals surface area contributed by atoms with Crippen LogP contribution >= 0.6 is 0 Å². The van der Waals surface area contributed by atoms with Gasteiger partial charge in [-0.2, -0.15) is 0 Å². The maximum Gasteiger partial charge on any atom is 0.257 e. The third-order valence-electron chi connectivity index (χ3n) is 4.64. The predicted octanol–water partition coefficient (Wildman–Crippen LogP) is 3.85. The van der Waals surface area contributed by atoms with Crippen LogP contribution in [0.3, 0.4) is 0 Å². The van der Waals surface area contributed by atoms with Crippen LogP contribution in [-0.4, -0.2) is 31.7 Å². The minimum absolute atomic E-state index is 0.0503. The summed E-state index contributed by atoms with van der Waals surface area (Å²) in [5.41, 5.74) is 1.26. The third-order valence-corrected chi connectivity index (χ3v) is 5.77. The number of benzene rings is 2. The maximum atomic E-state index is 12.9. The van der Waals surface area contributed by atoms with Gasteiger partial charge < -0.3 is 14.8 Å². The largest absolute Gasteiger partial charge is 0.490 e. The van der Waals surface area contributed by atoms with E-state index in [-0.39, 0.29) is 16.9 Å². The van der Waals surface area contributed by atoms with Crippen molar-refractivity contribution in [1.82, 2.24) is 4.98 Å². The van der Waals surface area contributed by atoms with Crippen LogP contribution < -0.4 is 14.8 Å². The SMILES string of the molecule is CC1Cc2c(cc(Oc3ccc(S(C)(=O)=O)cc3)cc2C(=O)Nc2ccccn2)O1. The summed E-state index contributed by atoms with van der Waals surface area (Å²) in [6.45, 7) is 1.94. The van der Waals surface area contributed by atoms with Crippen LogP contribution in [0.15, 0.2) is 65.7 Å². The minimum Gasteiger partial charge on any atom is -0.490 e. The quantitative estimate of drug-likeness (QED) is 0.668. The lowest BCUT2D eigenvalue weighted by molar-refractivity contribution is 0.102. The zero-order valence-corrected chi connectivity index (χ0v) is 17.3. The molecule has 0 bridgehead atoms. The number of nitrogens with zero attached hydrogens (tertiary/aromatic N) is 1. The van der Waals surface area contributed by atoms with Crippen molar-refractivity contribution in [2.24, 2.45) is 0 Å². The number of rotatable bonds is 5. The molecule has 0 spiro atoms. The lowest BCUT2D eigenvalue weighted by atomic mass is 10.0. The van der Waals surface area contributed by atoms with E-state index in [1.54, 1.807) is 48.7 Å². The van der Waals surface area contributed by atoms with Gasteiger partial charge >= 0.3 is 0 Å². The van der Waals surface area contributed by atoms with Gasteiger partial charge in [-0.1, -0.05) is 6.07 Å². The Bertz CT molecular complexity index is 1190. The van der Waals surface area contributed by atoms with Gasteiger partial charge in [0, 0.05) is 30.5 Å². The lowest BCUT2D eigenvalue weighted by Crippen LogP contribution is -2.15. The van der Waals surface area contributed by atoms with Crippen molar-refractivity contribution in [1.29, 1.82) is 0 Å². The van der Waals surface area contributed by atoms with Crippen molar-refractivity contribution in [3.8, 4) is 17.2 Å². The Morgan fingerprint density at radius 2 is 1.90 bits per heavy atom. The number of amides is 1. The van der Waals surface area contributed by atoms with Gasteiger partial charge in [-0.05, 0) is 49.4 Å². The molecule has 30 heavy (non-hydrogen) atoms.